The molecule has 0 radical (unpaired) electrons. The summed E-state index contributed by atoms with van der Waals surface area (Å²) in [4.78, 5) is 7.24. The van der Waals surface area contributed by atoms with Crippen LogP contribution in [0.3, 0.4) is 0 Å². The molecule has 1 aliphatic rings. The number of rotatable bonds is 5. The molecule has 4 heteroatoms. The van der Waals surface area contributed by atoms with E-state index in [4.69, 9.17) is 4.98 Å². The lowest BCUT2D eigenvalue weighted by atomic mass is 9.97. The molecule has 3 rings (SSSR count). The van der Waals surface area contributed by atoms with Crippen LogP contribution in [-0.2, 0) is 0 Å². The van der Waals surface area contributed by atoms with E-state index in [9.17, 15) is 0 Å². The Morgan fingerprint density at radius 3 is 2.76 bits per heavy atom. The number of anilines is 1. The normalized spacial score (nSPS) is 17.0. The number of thiazole rings is 1. The molecule has 1 aromatic carbocycles. The first-order valence-corrected chi connectivity index (χ1v) is 8.85. The number of nitrogens with zero attached hydrogens (tertiary/aromatic N) is 2. The summed E-state index contributed by atoms with van der Waals surface area (Å²) in [5, 5.41) is 4.80. The predicted molar refractivity (Wildman–Crippen MR) is 92.3 cm³/mol. The van der Waals surface area contributed by atoms with Crippen molar-refractivity contribution in [1.29, 1.82) is 0 Å². The third-order valence-corrected chi connectivity index (χ3v) is 5.25. The molecule has 1 aliphatic heterocycles. The molecule has 0 aliphatic carbocycles. The molecule has 114 valence electrons. The average molecular weight is 303 g/mol. The molecule has 0 atom stereocenters. The highest BCUT2D eigenvalue weighted by Gasteiger charge is 2.21. The second-order valence-corrected chi connectivity index (χ2v) is 7.46. The minimum atomic E-state index is 0.743. The molecule has 2 aromatic rings. The fourth-order valence-electron chi connectivity index (χ4n) is 2.90. The van der Waals surface area contributed by atoms with Crippen LogP contribution in [0.2, 0.25) is 0 Å². The van der Waals surface area contributed by atoms with Gasteiger partial charge in [0.05, 0.1) is 10.2 Å². The molecule has 2 heterocycles. The first-order chi connectivity index (χ1) is 10.2. The number of piperidine rings is 1. The number of hydrogen-bond acceptors (Lipinski definition) is 4. The van der Waals surface area contributed by atoms with Crippen molar-refractivity contribution in [2.75, 3.05) is 31.1 Å². The van der Waals surface area contributed by atoms with E-state index in [1.165, 1.54) is 29.2 Å². The van der Waals surface area contributed by atoms with E-state index in [0.717, 1.165) is 37.0 Å². The molecule has 1 saturated heterocycles. The van der Waals surface area contributed by atoms with E-state index in [1.807, 2.05) is 11.3 Å². The Hall–Kier alpha value is -1.13. The highest BCUT2D eigenvalue weighted by molar-refractivity contribution is 7.22. The summed E-state index contributed by atoms with van der Waals surface area (Å²) in [6.45, 7) is 9.14. The van der Waals surface area contributed by atoms with Crippen LogP contribution in [-0.4, -0.2) is 31.2 Å². The highest BCUT2D eigenvalue weighted by atomic mass is 32.1. The number of nitrogens with one attached hydrogen (secondary N) is 1. The lowest BCUT2D eigenvalue weighted by molar-refractivity contribution is 0.374. The van der Waals surface area contributed by atoms with Gasteiger partial charge in [-0.05, 0) is 49.9 Å². The van der Waals surface area contributed by atoms with E-state index in [2.05, 4.69) is 48.3 Å². The van der Waals surface area contributed by atoms with Gasteiger partial charge in [0, 0.05) is 13.1 Å². The molecule has 0 spiro atoms. The van der Waals surface area contributed by atoms with Gasteiger partial charge < -0.3 is 10.2 Å². The van der Waals surface area contributed by atoms with E-state index in [1.54, 1.807) is 0 Å². The monoisotopic (exact) mass is 303 g/mol. The quantitative estimate of drug-likeness (QED) is 0.911. The molecule has 1 aromatic heterocycles. The fourth-order valence-corrected chi connectivity index (χ4v) is 3.92. The first kappa shape index (κ1) is 14.8. The molecular formula is C17H25N3S. The average Bonchev–Trinajstić information content (AvgIpc) is 2.91. The highest BCUT2D eigenvalue weighted by Crippen LogP contribution is 2.31. The summed E-state index contributed by atoms with van der Waals surface area (Å²) in [6.07, 6.45) is 2.56. The van der Waals surface area contributed by atoms with Gasteiger partial charge in [0.1, 0.15) is 0 Å². The summed E-state index contributed by atoms with van der Waals surface area (Å²) >= 11 is 1.83. The maximum Gasteiger partial charge on any atom is 0.186 e. The SMILES string of the molecule is CC(C)CNCC1CCN(c2nc3ccccc3s2)CC1. The predicted octanol–water partition coefficient (Wildman–Crippen LogP) is 3.76. The van der Waals surface area contributed by atoms with Gasteiger partial charge >= 0.3 is 0 Å². The van der Waals surface area contributed by atoms with E-state index in [-0.39, 0.29) is 0 Å². The molecule has 1 N–H and O–H groups in total. The van der Waals surface area contributed by atoms with Crippen molar-refractivity contribution >= 4 is 26.7 Å². The van der Waals surface area contributed by atoms with Crippen molar-refractivity contribution in [3.05, 3.63) is 24.3 Å². The first-order valence-electron chi connectivity index (χ1n) is 8.03. The van der Waals surface area contributed by atoms with Crippen LogP contribution < -0.4 is 10.2 Å². The van der Waals surface area contributed by atoms with Gasteiger partial charge in [0.25, 0.3) is 0 Å². The Morgan fingerprint density at radius 2 is 2.05 bits per heavy atom. The van der Waals surface area contributed by atoms with Gasteiger partial charge in [-0.1, -0.05) is 37.3 Å². The third-order valence-electron chi connectivity index (χ3n) is 4.15. The Morgan fingerprint density at radius 1 is 1.29 bits per heavy atom. The molecule has 1 fully saturated rings. The van der Waals surface area contributed by atoms with Crippen LogP contribution in [0, 0.1) is 11.8 Å². The largest absolute Gasteiger partial charge is 0.348 e. The Labute approximate surface area is 131 Å². The maximum atomic E-state index is 4.78. The number of benzene rings is 1. The summed E-state index contributed by atoms with van der Waals surface area (Å²) in [5.74, 6) is 1.57. The molecule has 3 nitrogen and oxygen atoms in total. The topological polar surface area (TPSA) is 28.2 Å². The summed E-state index contributed by atoms with van der Waals surface area (Å²) in [7, 11) is 0. The summed E-state index contributed by atoms with van der Waals surface area (Å²) in [5.41, 5.74) is 1.14. The van der Waals surface area contributed by atoms with E-state index in [0.29, 0.717) is 0 Å². The van der Waals surface area contributed by atoms with Crippen LogP contribution in [0.5, 0.6) is 0 Å². The van der Waals surface area contributed by atoms with Crippen molar-refractivity contribution < 1.29 is 0 Å². The van der Waals surface area contributed by atoms with Gasteiger partial charge in [-0.3, -0.25) is 0 Å². The van der Waals surface area contributed by atoms with Crippen molar-refractivity contribution in [3.63, 3.8) is 0 Å². The Balaban J connectivity index is 1.53. The van der Waals surface area contributed by atoms with E-state index < -0.39 is 0 Å². The summed E-state index contributed by atoms with van der Waals surface area (Å²) < 4.78 is 1.30. The molecule has 0 saturated carbocycles. The Kier molecular flexibility index (Phi) is 4.76. The van der Waals surface area contributed by atoms with Crippen LogP contribution in [0.25, 0.3) is 10.2 Å². The molecule has 0 amide bonds. The molecule has 0 unspecified atom stereocenters. The Bertz CT molecular complexity index is 537. The van der Waals surface area contributed by atoms with Crippen LogP contribution in [0.15, 0.2) is 24.3 Å². The third kappa shape index (κ3) is 3.74. The van der Waals surface area contributed by atoms with Gasteiger partial charge in [-0.15, -0.1) is 0 Å². The van der Waals surface area contributed by atoms with Crippen molar-refractivity contribution in [2.24, 2.45) is 11.8 Å². The van der Waals surface area contributed by atoms with Gasteiger partial charge in [-0.25, -0.2) is 4.98 Å². The standard InChI is InChI=1S/C17H25N3S/c1-13(2)11-18-12-14-7-9-20(10-8-14)17-19-15-5-3-4-6-16(15)21-17/h3-6,13-14,18H,7-12H2,1-2H3. The lowest BCUT2D eigenvalue weighted by Crippen LogP contribution is -2.37. The van der Waals surface area contributed by atoms with Crippen molar-refractivity contribution in [2.45, 2.75) is 26.7 Å². The second kappa shape index (κ2) is 6.75. The van der Waals surface area contributed by atoms with Gasteiger partial charge in [-0.2, -0.15) is 0 Å². The lowest BCUT2D eigenvalue weighted by Gasteiger charge is -2.32. The molecule has 21 heavy (non-hydrogen) atoms. The fraction of sp³-hybridized carbons (Fsp3) is 0.588. The number of fused-ring (bicyclic) bond motifs is 1. The summed E-state index contributed by atoms with van der Waals surface area (Å²) in [6, 6.07) is 8.44. The minimum absolute atomic E-state index is 0.743. The second-order valence-electron chi connectivity index (χ2n) is 6.45. The number of aromatic nitrogens is 1. The zero-order chi connectivity index (χ0) is 14.7. The molecular weight excluding hydrogens is 278 g/mol. The molecule has 0 bridgehead atoms. The minimum Gasteiger partial charge on any atom is -0.348 e. The maximum absolute atomic E-state index is 4.78. The van der Waals surface area contributed by atoms with Crippen LogP contribution in [0.1, 0.15) is 26.7 Å². The zero-order valence-corrected chi connectivity index (χ0v) is 13.8. The van der Waals surface area contributed by atoms with Gasteiger partial charge in [0.15, 0.2) is 5.13 Å². The zero-order valence-electron chi connectivity index (χ0n) is 13.0. The van der Waals surface area contributed by atoms with Gasteiger partial charge in [0.2, 0.25) is 0 Å². The van der Waals surface area contributed by atoms with Crippen molar-refractivity contribution in [3.8, 4) is 0 Å². The van der Waals surface area contributed by atoms with Crippen molar-refractivity contribution in [1.82, 2.24) is 10.3 Å². The van der Waals surface area contributed by atoms with Crippen LogP contribution in [0.4, 0.5) is 5.13 Å². The number of hydrogen-bond donors (Lipinski definition) is 1. The smallest absolute Gasteiger partial charge is 0.186 e. The van der Waals surface area contributed by atoms with E-state index >= 15 is 0 Å². The number of para-hydroxylation sites is 1. The van der Waals surface area contributed by atoms with Crippen LogP contribution >= 0.6 is 11.3 Å².